The number of hydrogen-bond acceptors (Lipinski definition) is 4. The average molecular weight is 319 g/mol. The first-order valence-corrected chi connectivity index (χ1v) is 7.74. The van der Waals surface area contributed by atoms with E-state index in [-0.39, 0.29) is 19.1 Å². The Morgan fingerprint density at radius 3 is 2.39 bits per heavy atom. The maximum absolute atomic E-state index is 12.1. The number of alkyl carbamates (subject to hydrolysis) is 1. The van der Waals surface area contributed by atoms with Crippen LogP contribution in [0.15, 0.2) is 42.5 Å². The first-order valence-electron chi connectivity index (χ1n) is 7.74. The first kappa shape index (κ1) is 18.7. The van der Waals surface area contributed by atoms with Crippen molar-refractivity contribution in [2.75, 3.05) is 6.61 Å². The summed E-state index contributed by atoms with van der Waals surface area (Å²) in [4.78, 5) is 24.0. The lowest BCUT2D eigenvalue weighted by molar-refractivity contribution is -0.146. The van der Waals surface area contributed by atoms with Gasteiger partial charge in [-0.1, -0.05) is 57.7 Å². The number of nitrogens with one attached hydrogen (secondary N) is 1. The van der Waals surface area contributed by atoms with Crippen molar-refractivity contribution in [3.63, 3.8) is 0 Å². The van der Waals surface area contributed by atoms with Crippen LogP contribution < -0.4 is 5.32 Å². The minimum atomic E-state index is -0.747. The third-order valence-corrected chi connectivity index (χ3v) is 3.33. The normalized spacial score (nSPS) is 11.7. The minimum Gasteiger partial charge on any atom is -0.460 e. The molecule has 1 rings (SSSR count). The van der Waals surface area contributed by atoms with Gasteiger partial charge in [-0.3, -0.25) is 0 Å². The van der Waals surface area contributed by atoms with Crippen molar-refractivity contribution in [2.45, 2.75) is 39.8 Å². The molecule has 0 aromatic heterocycles. The van der Waals surface area contributed by atoms with E-state index in [2.05, 4.69) is 11.9 Å². The van der Waals surface area contributed by atoms with Gasteiger partial charge in [0.1, 0.15) is 19.3 Å². The van der Waals surface area contributed by atoms with E-state index in [0.29, 0.717) is 0 Å². The number of amides is 1. The number of esters is 1. The Morgan fingerprint density at radius 1 is 1.17 bits per heavy atom. The Kier molecular flexibility index (Phi) is 7.88. The Hall–Kier alpha value is -2.30. The molecule has 0 unspecified atom stereocenters. The smallest absolute Gasteiger partial charge is 0.408 e. The maximum atomic E-state index is 12.1. The van der Waals surface area contributed by atoms with Crippen LogP contribution in [0.4, 0.5) is 4.79 Å². The number of carbonyl (C=O) groups excluding carboxylic acids is 2. The van der Waals surface area contributed by atoms with Crippen LogP contribution in [0.1, 0.15) is 32.8 Å². The molecule has 5 heteroatoms. The standard InChI is InChI=1S/C18H25NO4/c1-5-14(4)11-22-17(20)16(13(2)3)19-18(21)23-12-15-9-7-6-8-10-15/h6-10,13,16H,4-5,11-12H2,1-3H3,(H,19,21)/t16-/m0/s1. The van der Waals surface area contributed by atoms with E-state index < -0.39 is 18.1 Å². The van der Waals surface area contributed by atoms with Crippen LogP contribution in [0.2, 0.25) is 0 Å². The Morgan fingerprint density at radius 2 is 1.83 bits per heavy atom. The fourth-order valence-electron chi connectivity index (χ4n) is 1.75. The highest BCUT2D eigenvalue weighted by Crippen LogP contribution is 2.07. The van der Waals surface area contributed by atoms with Crippen molar-refractivity contribution >= 4 is 12.1 Å². The van der Waals surface area contributed by atoms with E-state index in [0.717, 1.165) is 17.6 Å². The van der Waals surface area contributed by atoms with Crippen LogP contribution in [0.3, 0.4) is 0 Å². The van der Waals surface area contributed by atoms with Crippen molar-refractivity contribution in [1.82, 2.24) is 5.32 Å². The Balaban J connectivity index is 2.49. The van der Waals surface area contributed by atoms with Crippen LogP contribution in [-0.4, -0.2) is 24.7 Å². The van der Waals surface area contributed by atoms with Gasteiger partial charge in [-0.25, -0.2) is 9.59 Å². The molecule has 1 aromatic rings. The lowest BCUT2D eigenvalue weighted by atomic mass is 10.1. The third kappa shape index (κ3) is 7.00. The summed E-state index contributed by atoms with van der Waals surface area (Å²) in [6.45, 7) is 9.70. The number of hydrogen-bond donors (Lipinski definition) is 1. The van der Waals surface area contributed by atoms with Gasteiger partial charge < -0.3 is 14.8 Å². The number of ether oxygens (including phenoxy) is 2. The molecule has 0 saturated carbocycles. The van der Waals surface area contributed by atoms with Crippen molar-refractivity contribution < 1.29 is 19.1 Å². The summed E-state index contributed by atoms with van der Waals surface area (Å²) in [5, 5.41) is 2.56. The van der Waals surface area contributed by atoms with Gasteiger partial charge in [-0.05, 0) is 23.5 Å². The van der Waals surface area contributed by atoms with Gasteiger partial charge in [-0.2, -0.15) is 0 Å². The summed E-state index contributed by atoms with van der Waals surface area (Å²) in [7, 11) is 0. The van der Waals surface area contributed by atoms with E-state index in [1.807, 2.05) is 51.1 Å². The minimum absolute atomic E-state index is 0.110. The molecule has 0 spiro atoms. The zero-order valence-electron chi connectivity index (χ0n) is 14.0. The lowest BCUT2D eigenvalue weighted by Gasteiger charge is -2.20. The van der Waals surface area contributed by atoms with Gasteiger partial charge in [0.2, 0.25) is 0 Å². The van der Waals surface area contributed by atoms with Crippen molar-refractivity contribution in [3.8, 4) is 0 Å². The molecule has 23 heavy (non-hydrogen) atoms. The van der Waals surface area contributed by atoms with Crippen molar-refractivity contribution in [2.24, 2.45) is 5.92 Å². The summed E-state index contributed by atoms with van der Waals surface area (Å²) in [6.07, 6.45) is 0.102. The van der Waals surface area contributed by atoms with Gasteiger partial charge in [0.05, 0.1) is 0 Å². The Labute approximate surface area is 137 Å². The van der Waals surface area contributed by atoms with E-state index in [4.69, 9.17) is 9.47 Å². The van der Waals surface area contributed by atoms with Crippen LogP contribution in [-0.2, 0) is 20.9 Å². The summed E-state index contributed by atoms with van der Waals surface area (Å²) in [5.41, 5.74) is 1.71. The number of carbonyl (C=O) groups is 2. The summed E-state index contributed by atoms with van der Waals surface area (Å²) in [5.74, 6) is -0.590. The molecule has 5 nitrogen and oxygen atoms in total. The second-order valence-electron chi connectivity index (χ2n) is 5.64. The lowest BCUT2D eigenvalue weighted by Crippen LogP contribution is -2.45. The van der Waals surface area contributed by atoms with E-state index in [1.54, 1.807) is 0 Å². The SMILES string of the molecule is C=C(CC)COC(=O)[C@@H](NC(=O)OCc1ccccc1)C(C)C. The molecular formula is C18H25NO4. The molecule has 126 valence electrons. The highest BCUT2D eigenvalue weighted by atomic mass is 16.6. The van der Waals surface area contributed by atoms with Crippen LogP contribution in [0, 0.1) is 5.92 Å². The zero-order chi connectivity index (χ0) is 17.2. The predicted molar refractivity (Wildman–Crippen MR) is 88.8 cm³/mol. The third-order valence-electron chi connectivity index (χ3n) is 3.33. The van der Waals surface area contributed by atoms with Gasteiger partial charge in [0, 0.05) is 0 Å². The molecule has 0 aliphatic rings. The summed E-state index contributed by atoms with van der Waals surface area (Å²) >= 11 is 0. The molecular weight excluding hydrogens is 294 g/mol. The monoisotopic (exact) mass is 319 g/mol. The molecule has 0 aliphatic heterocycles. The molecule has 0 heterocycles. The van der Waals surface area contributed by atoms with Crippen LogP contribution in [0.25, 0.3) is 0 Å². The molecule has 0 aliphatic carbocycles. The topological polar surface area (TPSA) is 64.6 Å². The van der Waals surface area contributed by atoms with E-state index in [9.17, 15) is 9.59 Å². The fraction of sp³-hybridized carbons (Fsp3) is 0.444. The van der Waals surface area contributed by atoms with Gasteiger partial charge >= 0.3 is 12.1 Å². The molecule has 1 aromatic carbocycles. The highest BCUT2D eigenvalue weighted by Gasteiger charge is 2.26. The molecule has 1 N–H and O–H groups in total. The van der Waals surface area contributed by atoms with Crippen LogP contribution in [0.5, 0.6) is 0 Å². The molecule has 1 atom stereocenters. The van der Waals surface area contributed by atoms with Gasteiger partial charge in [0.25, 0.3) is 0 Å². The zero-order valence-corrected chi connectivity index (χ0v) is 14.0. The number of benzene rings is 1. The average Bonchev–Trinajstić information content (AvgIpc) is 2.55. The van der Waals surface area contributed by atoms with Crippen molar-refractivity contribution in [3.05, 3.63) is 48.0 Å². The number of rotatable bonds is 8. The maximum Gasteiger partial charge on any atom is 0.408 e. The van der Waals surface area contributed by atoms with Gasteiger partial charge in [0.15, 0.2) is 0 Å². The largest absolute Gasteiger partial charge is 0.460 e. The Bertz CT molecular complexity index is 525. The molecule has 0 radical (unpaired) electrons. The molecule has 0 saturated heterocycles. The second-order valence-corrected chi connectivity index (χ2v) is 5.64. The highest BCUT2D eigenvalue weighted by molar-refractivity contribution is 5.81. The van der Waals surface area contributed by atoms with Crippen molar-refractivity contribution in [1.29, 1.82) is 0 Å². The fourth-order valence-corrected chi connectivity index (χ4v) is 1.75. The van der Waals surface area contributed by atoms with Gasteiger partial charge in [-0.15, -0.1) is 0 Å². The molecule has 0 bridgehead atoms. The second kappa shape index (κ2) is 9.66. The predicted octanol–water partition coefficient (Wildman–Crippen LogP) is 3.45. The van der Waals surface area contributed by atoms with Crippen LogP contribution >= 0.6 is 0 Å². The van der Waals surface area contributed by atoms with E-state index >= 15 is 0 Å². The first-order chi connectivity index (χ1) is 10.9. The molecule has 1 amide bonds. The summed E-state index contributed by atoms with van der Waals surface area (Å²) < 4.78 is 10.3. The molecule has 0 fully saturated rings. The quantitative estimate of drug-likeness (QED) is 0.589. The summed E-state index contributed by atoms with van der Waals surface area (Å²) in [6, 6.07) is 8.59. The van der Waals surface area contributed by atoms with E-state index in [1.165, 1.54) is 0 Å².